The fourth-order valence-electron chi connectivity index (χ4n) is 4.09. The van der Waals surface area contributed by atoms with Gasteiger partial charge in [-0.3, -0.25) is 9.59 Å². The Kier molecular flexibility index (Phi) is 26.9. The summed E-state index contributed by atoms with van der Waals surface area (Å²) in [5, 5.41) is 8.62. The van der Waals surface area contributed by atoms with E-state index in [0.717, 1.165) is 77.0 Å². The zero-order chi connectivity index (χ0) is 27.2. The lowest BCUT2D eigenvalue weighted by Crippen LogP contribution is -2.14. The number of hydrogen-bond acceptors (Lipinski definition) is 3. The van der Waals surface area contributed by atoms with E-state index in [4.69, 9.17) is 9.84 Å². The van der Waals surface area contributed by atoms with Crippen LogP contribution >= 0.6 is 0 Å². The van der Waals surface area contributed by atoms with Crippen LogP contribution in [0.2, 0.25) is 0 Å². The smallest absolute Gasteiger partial charge is 0.306 e. The van der Waals surface area contributed by atoms with Crippen molar-refractivity contribution in [3.63, 3.8) is 0 Å². The molecule has 0 fully saturated rings. The second-order valence-electron chi connectivity index (χ2n) is 10.0. The maximum Gasteiger partial charge on any atom is 0.306 e. The highest BCUT2D eigenvalue weighted by Crippen LogP contribution is 2.14. The second kappa shape index (κ2) is 28.5. The molecule has 37 heavy (non-hydrogen) atoms. The van der Waals surface area contributed by atoms with Crippen LogP contribution in [0.25, 0.3) is 0 Å². The summed E-state index contributed by atoms with van der Waals surface area (Å²) in [6.45, 7) is 4.16. The van der Waals surface area contributed by atoms with Crippen molar-refractivity contribution < 1.29 is 19.4 Å². The van der Waals surface area contributed by atoms with Crippen LogP contribution in [-0.4, -0.2) is 23.1 Å². The Bertz CT molecular complexity index is 645. The van der Waals surface area contributed by atoms with E-state index in [1.54, 1.807) is 0 Å². The van der Waals surface area contributed by atoms with Crippen molar-refractivity contribution in [1.82, 2.24) is 0 Å². The van der Waals surface area contributed by atoms with Gasteiger partial charge in [0.25, 0.3) is 0 Å². The number of carbonyl (C=O) groups excluding carboxylic acids is 1. The molecule has 4 nitrogen and oxygen atoms in total. The second-order valence-corrected chi connectivity index (χ2v) is 10.0. The minimum Gasteiger partial charge on any atom is -0.481 e. The van der Waals surface area contributed by atoms with E-state index in [1.807, 2.05) is 6.92 Å². The molecule has 0 aromatic rings. The van der Waals surface area contributed by atoms with Crippen LogP contribution in [0.15, 0.2) is 48.6 Å². The molecule has 1 unspecified atom stereocenters. The van der Waals surface area contributed by atoms with Crippen molar-refractivity contribution in [2.45, 2.75) is 148 Å². The average Bonchev–Trinajstić information content (AvgIpc) is 2.86. The minimum atomic E-state index is -0.683. The van der Waals surface area contributed by atoms with Crippen molar-refractivity contribution >= 4 is 11.9 Å². The summed E-state index contributed by atoms with van der Waals surface area (Å²) in [4.78, 5) is 22.5. The Morgan fingerprint density at radius 3 is 1.62 bits per heavy atom. The summed E-state index contributed by atoms with van der Waals surface area (Å²) in [7, 11) is 0. The number of carboxylic acids is 1. The topological polar surface area (TPSA) is 63.6 Å². The molecule has 0 saturated heterocycles. The zero-order valence-electron chi connectivity index (χ0n) is 24.0. The van der Waals surface area contributed by atoms with E-state index in [9.17, 15) is 9.59 Å². The molecule has 4 heteroatoms. The molecule has 0 amide bonds. The molecule has 1 atom stereocenters. The Morgan fingerprint density at radius 1 is 0.622 bits per heavy atom. The van der Waals surface area contributed by atoms with Crippen LogP contribution in [0, 0.1) is 0 Å². The average molecular weight is 517 g/mol. The standard InChI is InChI=1S/C33H56O4/c1-3-4-5-6-7-8-9-10-11-12-13-18-21-24-27-30-33(36)37-31(2)28-25-22-19-16-14-15-17-20-23-26-29-32(34)35/h4-5,7-8,10-11,13,18,31H,3,6,9,12,14-17,19-30H2,1-2H3,(H,34,35)/b5-4-,8-7-,11-10-,18-13-. The summed E-state index contributed by atoms with van der Waals surface area (Å²) in [5.41, 5.74) is 0. The van der Waals surface area contributed by atoms with Gasteiger partial charge in [-0.05, 0) is 71.1 Å². The summed E-state index contributed by atoms with van der Waals surface area (Å²) in [6.07, 6.45) is 38.1. The Labute approximate surface area is 228 Å². The number of aliphatic carboxylic acids is 1. The highest BCUT2D eigenvalue weighted by atomic mass is 16.5. The van der Waals surface area contributed by atoms with E-state index < -0.39 is 5.97 Å². The Hall–Kier alpha value is -2.10. The lowest BCUT2D eigenvalue weighted by Gasteiger charge is -2.13. The molecular formula is C33H56O4. The summed E-state index contributed by atoms with van der Waals surface area (Å²) >= 11 is 0. The molecule has 0 aliphatic heterocycles. The number of unbranched alkanes of at least 4 members (excludes halogenated alkanes) is 11. The maximum absolute atomic E-state index is 12.0. The third-order valence-corrected chi connectivity index (χ3v) is 6.30. The molecule has 0 rings (SSSR count). The molecule has 0 aliphatic rings. The number of hydrogen-bond donors (Lipinski definition) is 1. The van der Waals surface area contributed by atoms with Gasteiger partial charge in [0, 0.05) is 12.8 Å². The van der Waals surface area contributed by atoms with E-state index in [0.29, 0.717) is 12.8 Å². The molecule has 0 saturated carbocycles. The van der Waals surface area contributed by atoms with Gasteiger partial charge in [0.2, 0.25) is 0 Å². The number of esters is 1. The number of allylic oxidation sites excluding steroid dienone is 8. The van der Waals surface area contributed by atoms with Crippen LogP contribution in [-0.2, 0) is 14.3 Å². The predicted octanol–water partition coefficient (Wildman–Crippen LogP) is 10.0. The quantitative estimate of drug-likeness (QED) is 0.0705. The van der Waals surface area contributed by atoms with Gasteiger partial charge < -0.3 is 9.84 Å². The maximum atomic E-state index is 12.0. The summed E-state index contributed by atoms with van der Waals surface area (Å²) in [6, 6.07) is 0. The zero-order valence-corrected chi connectivity index (χ0v) is 24.0. The van der Waals surface area contributed by atoms with Gasteiger partial charge in [0.05, 0.1) is 6.10 Å². The summed E-state index contributed by atoms with van der Waals surface area (Å²) < 4.78 is 5.56. The van der Waals surface area contributed by atoms with Gasteiger partial charge in [-0.1, -0.05) is 107 Å². The van der Waals surface area contributed by atoms with Gasteiger partial charge in [0.1, 0.15) is 0 Å². The number of carbonyl (C=O) groups is 2. The van der Waals surface area contributed by atoms with Crippen LogP contribution in [0.3, 0.4) is 0 Å². The minimum absolute atomic E-state index is 0.0210. The van der Waals surface area contributed by atoms with Crippen molar-refractivity contribution in [3.05, 3.63) is 48.6 Å². The van der Waals surface area contributed by atoms with Crippen LogP contribution in [0.1, 0.15) is 142 Å². The van der Waals surface area contributed by atoms with E-state index >= 15 is 0 Å². The van der Waals surface area contributed by atoms with Crippen LogP contribution < -0.4 is 0 Å². The molecule has 0 heterocycles. The number of rotatable bonds is 26. The van der Waals surface area contributed by atoms with Crippen molar-refractivity contribution in [2.24, 2.45) is 0 Å². The molecule has 0 bridgehead atoms. The van der Waals surface area contributed by atoms with E-state index in [2.05, 4.69) is 55.5 Å². The molecule has 0 spiro atoms. The monoisotopic (exact) mass is 516 g/mol. The molecule has 0 aliphatic carbocycles. The fraction of sp³-hybridized carbons (Fsp3) is 0.697. The number of carboxylic acid groups (broad SMARTS) is 1. The lowest BCUT2D eigenvalue weighted by molar-refractivity contribution is -0.148. The summed E-state index contributed by atoms with van der Waals surface area (Å²) in [5.74, 6) is -0.737. The van der Waals surface area contributed by atoms with Gasteiger partial charge in [-0.2, -0.15) is 0 Å². The van der Waals surface area contributed by atoms with Crippen LogP contribution in [0.5, 0.6) is 0 Å². The first-order valence-corrected chi connectivity index (χ1v) is 15.1. The molecule has 0 radical (unpaired) electrons. The largest absolute Gasteiger partial charge is 0.481 e. The van der Waals surface area contributed by atoms with E-state index in [-0.39, 0.29) is 12.1 Å². The first-order chi connectivity index (χ1) is 18.1. The van der Waals surface area contributed by atoms with Crippen molar-refractivity contribution in [2.75, 3.05) is 0 Å². The third-order valence-electron chi connectivity index (χ3n) is 6.30. The Morgan fingerprint density at radius 2 is 1.08 bits per heavy atom. The molecule has 0 aromatic heterocycles. The van der Waals surface area contributed by atoms with Gasteiger partial charge in [-0.15, -0.1) is 0 Å². The first kappa shape index (κ1) is 34.9. The third kappa shape index (κ3) is 30.0. The van der Waals surface area contributed by atoms with Crippen LogP contribution in [0.4, 0.5) is 0 Å². The number of ether oxygens (including phenoxy) is 1. The van der Waals surface area contributed by atoms with Gasteiger partial charge >= 0.3 is 11.9 Å². The molecule has 0 aromatic carbocycles. The van der Waals surface area contributed by atoms with E-state index in [1.165, 1.54) is 38.5 Å². The molecular weight excluding hydrogens is 460 g/mol. The predicted molar refractivity (Wildman–Crippen MR) is 158 cm³/mol. The normalized spacial score (nSPS) is 12.9. The van der Waals surface area contributed by atoms with Gasteiger partial charge in [-0.25, -0.2) is 0 Å². The molecule has 1 N–H and O–H groups in total. The van der Waals surface area contributed by atoms with Crippen molar-refractivity contribution in [3.8, 4) is 0 Å². The lowest BCUT2D eigenvalue weighted by atomic mass is 10.0. The van der Waals surface area contributed by atoms with Gasteiger partial charge in [0.15, 0.2) is 0 Å². The fourth-order valence-corrected chi connectivity index (χ4v) is 4.09. The Balaban J connectivity index is 3.47. The first-order valence-electron chi connectivity index (χ1n) is 15.1. The SMILES string of the molecule is CC/C=C\C/C=C\C/C=C\C/C=C\CCCCC(=O)OC(C)CCCCCCCCCCCCC(=O)O. The molecule has 212 valence electrons. The highest BCUT2D eigenvalue weighted by Gasteiger charge is 2.08. The highest BCUT2D eigenvalue weighted by molar-refractivity contribution is 5.69. The van der Waals surface area contributed by atoms with Crippen molar-refractivity contribution in [1.29, 1.82) is 0 Å².